The molecule has 0 spiro atoms. The number of piperidine rings is 1. The minimum absolute atomic E-state index is 0.0557. The lowest BCUT2D eigenvalue weighted by Crippen LogP contribution is -2.51. The van der Waals surface area contributed by atoms with Gasteiger partial charge in [-0.25, -0.2) is 0 Å². The number of hydrogen-bond donors (Lipinski definition) is 2. The van der Waals surface area contributed by atoms with Gasteiger partial charge in [-0.05, 0) is 55.1 Å². The van der Waals surface area contributed by atoms with Gasteiger partial charge in [0.1, 0.15) is 5.60 Å². The van der Waals surface area contributed by atoms with Crippen molar-refractivity contribution in [2.45, 2.75) is 18.4 Å². The van der Waals surface area contributed by atoms with E-state index in [1.54, 1.807) is 18.4 Å². The molecule has 22 heavy (non-hydrogen) atoms. The molecule has 0 aliphatic carbocycles. The smallest absolute Gasteiger partial charge is 0.256 e. The summed E-state index contributed by atoms with van der Waals surface area (Å²) in [5.74, 6) is -0.0557. The number of carbonyl (C=O) groups is 1. The van der Waals surface area contributed by atoms with E-state index in [9.17, 15) is 4.79 Å². The van der Waals surface area contributed by atoms with Gasteiger partial charge in [0, 0.05) is 17.7 Å². The van der Waals surface area contributed by atoms with Gasteiger partial charge in [0.25, 0.3) is 5.91 Å². The zero-order valence-corrected chi connectivity index (χ0v) is 13.4. The van der Waals surface area contributed by atoms with Gasteiger partial charge < -0.3 is 15.4 Å². The predicted octanol–water partition coefficient (Wildman–Crippen LogP) is 3.12. The van der Waals surface area contributed by atoms with Crippen molar-refractivity contribution in [3.8, 4) is 10.4 Å². The third-order valence-corrected chi connectivity index (χ3v) is 5.06. The van der Waals surface area contributed by atoms with Crippen molar-refractivity contribution in [1.82, 2.24) is 5.32 Å². The van der Waals surface area contributed by atoms with E-state index in [1.807, 2.05) is 24.3 Å². The van der Waals surface area contributed by atoms with Crippen molar-refractivity contribution in [3.05, 3.63) is 41.8 Å². The maximum Gasteiger partial charge on any atom is 0.256 e. The number of anilines is 1. The van der Waals surface area contributed by atoms with Crippen molar-refractivity contribution >= 4 is 22.9 Å². The lowest BCUT2D eigenvalue weighted by atomic mass is 9.91. The van der Waals surface area contributed by atoms with Crippen LogP contribution in [0.25, 0.3) is 10.4 Å². The Balaban J connectivity index is 1.78. The molecule has 1 aromatic heterocycles. The molecule has 5 heteroatoms. The lowest BCUT2D eigenvalue weighted by Gasteiger charge is -2.34. The molecule has 1 aliphatic rings. The Labute approximate surface area is 134 Å². The van der Waals surface area contributed by atoms with Crippen molar-refractivity contribution in [3.63, 3.8) is 0 Å². The summed E-state index contributed by atoms with van der Waals surface area (Å²) in [5, 5.41) is 8.33. The summed E-state index contributed by atoms with van der Waals surface area (Å²) in [7, 11) is 1.62. The number of benzene rings is 1. The van der Waals surface area contributed by atoms with Gasteiger partial charge in [0.05, 0.1) is 0 Å². The Bertz CT molecular complexity index is 634. The topological polar surface area (TPSA) is 50.4 Å². The molecular weight excluding hydrogens is 296 g/mol. The molecule has 0 unspecified atom stereocenters. The van der Waals surface area contributed by atoms with Gasteiger partial charge in [0.2, 0.25) is 0 Å². The number of carbonyl (C=O) groups excluding carboxylic acids is 1. The highest BCUT2D eigenvalue weighted by Gasteiger charge is 2.39. The first-order valence-electron chi connectivity index (χ1n) is 7.45. The highest BCUT2D eigenvalue weighted by molar-refractivity contribution is 7.13. The molecule has 2 aromatic rings. The highest BCUT2D eigenvalue weighted by Crippen LogP contribution is 2.28. The van der Waals surface area contributed by atoms with E-state index in [-0.39, 0.29) is 5.91 Å². The van der Waals surface area contributed by atoms with Gasteiger partial charge in [-0.3, -0.25) is 4.79 Å². The van der Waals surface area contributed by atoms with Gasteiger partial charge in [-0.1, -0.05) is 18.2 Å². The first kappa shape index (κ1) is 15.2. The van der Waals surface area contributed by atoms with Crippen molar-refractivity contribution < 1.29 is 9.53 Å². The lowest BCUT2D eigenvalue weighted by molar-refractivity contribution is -0.140. The van der Waals surface area contributed by atoms with Crippen molar-refractivity contribution in [2.24, 2.45) is 0 Å². The van der Waals surface area contributed by atoms with Crippen molar-refractivity contribution in [1.29, 1.82) is 0 Å². The van der Waals surface area contributed by atoms with E-state index in [4.69, 9.17) is 4.74 Å². The van der Waals surface area contributed by atoms with Crippen LogP contribution in [0.4, 0.5) is 5.69 Å². The SMILES string of the molecule is COC1(C(=O)Nc2cccc(-c3cccs3)c2)CCNCC1. The van der Waals surface area contributed by atoms with Gasteiger partial charge >= 0.3 is 0 Å². The summed E-state index contributed by atoms with van der Waals surface area (Å²) in [5.41, 5.74) is 1.21. The Morgan fingerprint density at radius 2 is 2.09 bits per heavy atom. The van der Waals surface area contributed by atoms with Crippen LogP contribution in [0.15, 0.2) is 41.8 Å². The number of thiophene rings is 1. The predicted molar refractivity (Wildman–Crippen MR) is 90.2 cm³/mol. The monoisotopic (exact) mass is 316 g/mol. The van der Waals surface area contributed by atoms with Crippen LogP contribution in [0.3, 0.4) is 0 Å². The maximum atomic E-state index is 12.7. The number of amides is 1. The Morgan fingerprint density at radius 3 is 2.77 bits per heavy atom. The van der Waals surface area contributed by atoms with Crippen LogP contribution in [0.2, 0.25) is 0 Å². The Kier molecular flexibility index (Phi) is 4.57. The van der Waals surface area contributed by atoms with Crippen LogP contribution in [-0.2, 0) is 9.53 Å². The van der Waals surface area contributed by atoms with E-state index in [1.165, 1.54) is 4.88 Å². The van der Waals surface area contributed by atoms with Crippen LogP contribution >= 0.6 is 11.3 Å². The third kappa shape index (κ3) is 3.06. The molecular formula is C17H20N2O2S. The summed E-state index contributed by atoms with van der Waals surface area (Å²) in [6.07, 6.45) is 1.39. The number of rotatable bonds is 4. The average Bonchev–Trinajstić information content (AvgIpc) is 3.10. The third-order valence-electron chi connectivity index (χ3n) is 4.14. The van der Waals surface area contributed by atoms with Crippen LogP contribution in [0, 0.1) is 0 Å². The molecule has 116 valence electrons. The second kappa shape index (κ2) is 6.60. The summed E-state index contributed by atoms with van der Waals surface area (Å²) in [6.45, 7) is 1.60. The first-order valence-corrected chi connectivity index (χ1v) is 8.33. The normalized spacial score (nSPS) is 17.1. The molecule has 0 saturated carbocycles. The average molecular weight is 316 g/mol. The quantitative estimate of drug-likeness (QED) is 0.911. The summed E-state index contributed by atoms with van der Waals surface area (Å²) < 4.78 is 5.57. The van der Waals surface area contributed by atoms with Gasteiger partial charge in [0.15, 0.2) is 0 Å². The fourth-order valence-electron chi connectivity index (χ4n) is 2.79. The van der Waals surface area contributed by atoms with Crippen LogP contribution in [0.1, 0.15) is 12.8 Å². The summed E-state index contributed by atoms with van der Waals surface area (Å²) >= 11 is 1.69. The summed E-state index contributed by atoms with van der Waals surface area (Å²) in [4.78, 5) is 13.9. The highest BCUT2D eigenvalue weighted by atomic mass is 32.1. The molecule has 2 N–H and O–H groups in total. The second-order valence-corrected chi connectivity index (χ2v) is 6.41. The molecule has 0 radical (unpaired) electrons. The number of nitrogens with one attached hydrogen (secondary N) is 2. The van der Waals surface area contributed by atoms with Gasteiger partial charge in [-0.15, -0.1) is 11.3 Å². The van der Waals surface area contributed by atoms with E-state index in [0.29, 0.717) is 12.8 Å². The molecule has 0 bridgehead atoms. The Morgan fingerprint density at radius 1 is 1.27 bits per heavy atom. The Hall–Kier alpha value is -1.69. The van der Waals surface area contributed by atoms with E-state index < -0.39 is 5.60 Å². The largest absolute Gasteiger partial charge is 0.368 e. The molecule has 4 nitrogen and oxygen atoms in total. The molecule has 1 fully saturated rings. The van der Waals surface area contributed by atoms with Crippen LogP contribution < -0.4 is 10.6 Å². The molecule has 1 aliphatic heterocycles. The molecule has 3 rings (SSSR count). The zero-order valence-electron chi connectivity index (χ0n) is 12.6. The molecule has 0 atom stereocenters. The number of methoxy groups -OCH3 is 1. The zero-order chi connectivity index (χ0) is 15.4. The van der Waals surface area contributed by atoms with Gasteiger partial charge in [-0.2, -0.15) is 0 Å². The first-order chi connectivity index (χ1) is 10.7. The minimum Gasteiger partial charge on any atom is -0.368 e. The molecule has 1 saturated heterocycles. The maximum absolute atomic E-state index is 12.7. The molecule has 1 aromatic carbocycles. The fourth-order valence-corrected chi connectivity index (χ4v) is 3.52. The van der Waals surface area contributed by atoms with Crippen molar-refractivity contribution in [2.75, 3.05) is 25.5 Å². The number of hydrogen-bond acceptors (Lipinski definition) is 4. The van der Waals surface area contributed by atoms with Crippen LogP contribution in [0.5, 0.6) is 0 Å². The summed E-state index contributed by atoms with van der Waals surface area (Å²) in [6, 6.07) is 12.0. The fraction of sp³-hybridized carbons (Fsp3) is 0.353. The van der Waals surface area contributed by atoms with E-state index >= 15 is 0 Å². The number of ether oxygens (including phenoxy) is 1. The minimum atomic E-state index is -0.718. The van der Waals surface area contributed by atoms with E-state index in [0.717, 1.165) is 24.3 Å². The van der Waals surface area contributed by atoms with Crippen LogP contribution in [-0.4, -0.2) is 31.7 Å². The molecule has 2 heterocycles. The molecule has 1 amide bonds. The second-order valence-electron chi connectivity index (χ2n) is 5.46. The standard InChI is InChI=1S/C17H20N2O2S/c1-21-17(7-9-18-10-8-17)16(20)19-14-5-2-4-13(12-14)15-6-3-11-22-15/h2-6,11-12,18H,7-10H2,1H3,(H,19,20). The van der Waals surface area contributed by atoms with E-state index in [2.05, 4.69) is 28.1 Å².